The average molecular weight is 385 g/mol. The van der Waals surface area contributed by atoms with E-state index in [1.807, 2.05) is 30.0 Å². The summed E-state index contributed by atoms with van der Waals surface area (Å²) in [7, 11) is 2.16. The molecule has 2 saturated heterocycles. The summed E-state index contributed by atoms with van der Waals surface area (Å²) in [5.74, 6) is 0.995. The van der Waals surface area contributed by atoms with Gasteiger partial charge in [-0.1, -0.05) is 6.07 Å². The lowest BCUT2D eigenvalue weighted by Gasteiger charge is -2.29. The van der Waals surface area contributed by atoms with Crippen molar-refractivity contribution in [2.24, 2.45) is 0 Å². The van der Waals surface area contributed by atoms with Crippen LogP contribution in [0.15, 0.2) is 24.3 Å². The Kier molecular flexibility index (Phi) is 5.24. The van der Waals surface area contributed by atoms with Crippen LogP contribution in [0.5, 0.6) is 5.75 Å². The summed E-state index contributed by atoms with van der Waals surface area (Å²) >= 11 is 1.51. The summed E-state index contributed by atoms with van der Waals surface area (Å²) in [4.78, 5) is 18.8. The molecule has 0 atom stereocenters. The normalized spacial score (nSPS) is 19.0. The summed E-state index contributed by atoms with van der Waals surface area (Å²) < 4.78 is 0. The van der Waals surface area contributed by atoms with Crippen molar-refractivity contribution in [1.82, 2.24) is 9.80 Å². The molecule has 0 bridgehead atoms. The minimum atomic E-state index is 0.142. The third kappa shape index (κ3) is 3.76. The van der Waals surface area contributed by atoms with Gasteiger partial charge in [0, 0.05) is 23.5 Å². The number of carbonyl (C=O) groups is 1. The molecule has 2 fully saturated rings. The quantitative estimate of drug-likeness (QED) is 0.849. The molecule has 27 heavy (non-hydrogen) atoms. The van der Waals surface area contributed by atoms with E-state index >= 15 is 0 Å². The van der Waals surface area contributed by atoms with E-state index in [0.717, 1.165) is 72.7 Å². The number of amides is 1. The van der Waals surface area contributed by atoms with Crippen LogP contribution in [-0.4, -0.2) is 54.0 Å². The fourth-order valence-electron chi connectivity index (χ4n) is 4.24. The summed E-state index contributed by atoms with van der Waals surface area (Å²) in [6, 6.07) is 8.15. The van der Waals surface area contributed by atoms with Crippen molar-refractivity contribution in [2.45, 2.75) is 38.5 Å². The first-order valence-corrected chi connectivity index (χ1v) is 10.8. The highest BCUT2D eigenvalue weighted by Crippen LogP contribution is 2.39. The Hall–Kier alpha value is -1.85. The number of thiophene rings is 1. The number of likely N-dealkylation sites (tertiary alicyclic amines) is 2. The van der Waals surface area contributed by atoms with Gasteiger partial charge in [-0.2, -0.15) is 0 Å². The van der Waals surface area contributed by atoms with Crippen LogP contribution < -0.4 is 0 Å². The Labute approximate surface area is 165 Å². The van der Waals surface area contributed by atoms with E-state index in [1.165, 1.54) is 16.9 Å². The zero-order valence-electron chi connectivity index (χ0n) is 16.2. The summed E-state index contributed by atoms with van der Waals surface area (Å²) in [5, 5.41) is 10.7. The van der Waals surface area contributed by atoms with Crippen LogP contribution in [0.3, 0.4) is 0 Å². The number of piperidine rings is 1. The predicted molar refractivity (Wildman–Crippen MR) is 111 cm³/mol. The van der Waals surface area contributed by atoms with E-state index in [9.17, 15) is 9.90 Å². The molecular formula is C22H28N2O2S. The largest absolute Gasteiger partial charge is 0.507 e. The van der Waals surface area contributed by atoms with Crippen LogP contribution in [0.1, 0.15) is 52.4 Å². The van der Waals surface area contributed by atoms with E-state index in [0.29, 0.717) is 11.7 Å². The van der Waals surface area contributed by atoms with E-state index in [2.05, 4.69) is 18.0 Å². The first-order chi connectivity index (χ1) is 13.0. The maximum atomic E-state index is 12.8. The molecule has 0 unspecified atom stereocenters. The molecule has 1 N–H and O–H groups in total. The van der Waals surface area contributed by atoms with E-state index in [4.69, 9.17) is 0 Å². The van der Waals surface area contributed by atoms with Crippen LogP contribution in [-0.2, 0) is 0 Å². The van der Waals surface area contributed by atoms with Crippen LogP contribution >= 0.6 is 11.3 Å². The Morgan fingerprint density at radius 1 is 1.11 bits per heavy atom. The lowest BCUT2D eigenvalue weighted by Crippen LogP contribution is -2.29. The minimum absolute atomic E-state index is 0.142. The number of aryl methyl sites for hydroxylation is 1. The predicted octanol–water partition coefficient (Wildman–Crippen LogP) is 4.47. The number of phenols is 1. The van der Waals surface area contributed by atoms with E-state index in [-0.39, 0.29) is 5.91 Å². The zero-order chi connectivity index (χ0) is 19.0. The minimum Gasteiger partial charge on any atom is -0.507 e. The van der Waals surface area contributed by atoms with Gasteiger partial charge < -0.3 is 14.9 Å². The third-order valence-electron chi connectivity index (χ3n) is 5.98. The van der Waals surface area contributed by atoms with E-state index in [1.54, 1.807) is 0 Å². The highest BCUT2D eigenvalue weighted by atomic mass is 32.1. The highest BCUT2D eigenvalue weighted by Gasteiger charge is 2.24. The molecule has 1 aromatic carbocycles. The van der Waals surface area contributed by atoms with Gasteiger partial charge >= 0.3 is 0 Å². The number of benzene rings is 1. The van der Waals surface area contributed by atoms with Gasteiger partial charge in [0.1, 0.15) is 5.75 Å². The molecule has 2 aliphatic rings. The second kappa shape index (κ2) is 7.64. The number of phenolic OH excluding ortho intramolecular Hbond substituents is 1. The van der Waals surface area contributed by atoms with Crippen molar-refractivity contribution in [2.75, 3.05) is 33.2 Å². The fourth-order valence-corrected chi connectivity index (χ4v) is 5.42. The van der Waals surface area contributed by atoms with Crippen LogP contribution in [0.4, 0.5) is 0 Å². The van der Waals surface area contributed by atoms with Gasteiger partial charge in [0.05, 0.1) is 4.88 Å². The fraction of sp³-hybridized carbons (Fsp3) is 0.500. The number of nitrogens with zero attached hydrogens (tertiary/aromatic N) is 2. The van der Waals surface area contributed by atoms with Crippen molar-refractivity contribution < 1.29 is 9.90 Å². The molecule has 4 nitrogen and oxygen atoms in total. The van der Waals surface area contributed by atoms with Gasteiger partial charge in [-0.25, -0.2) is 0 Å². The van der Waals surface area contributed by atoms with Crippen LogP contribution in [0.25, 0.3) is 10.4 Å². The Morgan fingerprint density at radius 2 is 1.81 bits per heavy atom. The second-order valence-electron chi connectivity index (χ2n) is 7.98. The molecule has 4 rings (SSSR count). The Bertz CT molecular complexity index is 831. The van der Waals surface area contributed by atoms with Gasteiger partial charge in [-0.3, -0.25) is 4.79 Å². The lowest BCUT2D eigenvalue weighted by molar-refractivity contribution is 0.0797. The Balaban J connectivity index is 1.56. The molecular weight excluding hydrogens is 356 g/mol. The summed E-state index contributed by atoms with van der Waals surface area (Å²) in [6.07, 6.45) is 4.48. The molecule has 144 valence electrons. The third-order valence-corrected chi connectivity index (χ3v) is 7.24. The maximum Gasteiger partial charge on any atom is 0.264 e. The van der Waals surface area contributed by atoms with Crippen molar-refractivity contribution in [1.29, 1.82) is 0 Å². The standard InChI is InChI=1S/C22H28N2O2S/c1-15-13-20(27-21(15)22(26)24-9-3-4-10-24)18-6-5-17(14-19(18)25)16-7-11-23(2)12-8-16/h5-6,13-14,16,25H,3-4,7-12H2,1-2H3. The van der Waals surface area contributed by atoms with Gasteiger partial charge in [-0.05, 0) is 88.0 Å². The highest BCUT2D eigenvalue weighted by molar-refractivity contribution is 7.17. The Morgan fingerprint density at radius 3 is 2.48 bits per heavy atom. The topological polar surface area (TPSA) is 43.8 Å². The average Bonchev–Trinajstić information content (AvgIpc) is 3.32. The molecule has 2 aromatic rings. The van der Waals surface area contributed by atoms with E-state index < -0.39 is 0 Å². The molecule has 0 spiro atoms. The van der Waals surface area contributed by atoms with Crippen molar-refractivity contribution in [3.05, 3.63) is 40.3 Å². The molecule has 1 aromatic heterocycles. The van der Waals surface area contributed by atoms with Gasteiger partial charge in [0.2, 0.25) is 0 Å². The summed E-state index contributed by atoms with van der Waals surface area (Å²) in [5.41, 5.74) is 3.07. The number of rotatable bonds is 3. The molecule has 0 aliphatic carbocycles. The number of aromatic hydroxyl groups is 1. The number of hydrogen-bond acceptors (Lipinski definition) is 4. The summed E-state index contributed by atoms with van der Waals surface area (Å²) in [6.45, 7) is 5.94. The van der Waals surface area contributed by atoms with Crippen LogP contribution in [0, 0.1) is 6.92 Å². The lowest BCUT2D eigenvalue weighted by atomic mass is 9.89. The maximum absolute atomic E-state index is 12.8. The zero-order valence-corrected chi connectivity index (χ0v) is 17.0. The first-order valence-electron chi connectivity index (χ1n) is 9.94. The number of carbonyl (C=O) groups excluding carboxylic acids is 1. The molecule has 3 heterocycles. The van der Waals surface area contributed by atoms with Crippen molar-refractivity contribution in [3.63, 3.8) is 0 Å². The monoisotopic (exact) mass is 384 g/mol. The first kappa shape index (κ1) is 18.5. The van der Waals surface area contributed by atoms with Crippen molar-refractivity contribution in [3.8, 4) is 16.2 Å². The van der Waals surface area contributed by atoms with Crippen LogP contribution in [0.2, 0.25) is 0 Å². The molecule has 5 heteroatoms. The van der Waals surface area contributed by atoms with Gasteiger partial charge in [-0.15, -0.1) is 11.3 Å². The molecule has 2 aliphatic heterocycles. The smallest absolute Gasteiger partial charge is 0.264 e. The van der Waals surface area contributed by atoms with Gasteiger partial charge in [0.25, 0.3) is 5.91 Å². The van der Waals surface area contributed by atoms with Gasteiger partial charge in [0.15, 0.2) is 0 Å². The second-order valence-corrected chi connectivity index (χ2v) is 9.03. The SMILES string of the molecule is Cc1cc(-c2ccc(C3CCN(C)CC3)cc2O)sc1C(=O)N1CCCC1. The molecule has 0 radical (unpaired) electrons. The van der Waals surface area contributed by atoms with Crippen molar-refractivity contribution >= 4 is 17.2 Å². The molecule has 1 amide bonds. The molecule has 0 saturated carbocycles. The number of hydrogen-bond donors (Lipinski definition) is 1.